The minimum atomic E-state index is -0.436. The fourth-order valence-electron chi connectivity index (χ4n) is 2.70. The molecule has 2 rings (SSSR count). The van der Waals surface area contributed by atoms with E-state index >= 15 is 0 Å². The molecule has 4 nitrogen and oxygen atoms in total. The van der Waals surface area contributed by atoms with Gasteiger partial charge in [-0.05, 0) is 24.3 Å². The largest absolute Gasteiger partial charge is 0.381 e. The lowest BCUT2D eigenvalue weighted by atomic mass is 9.79. The summed E-state index contributed by atoms with van der Waals surface area (Å²) in [6.07, 6.45) is 1.43. The molecular formula is C16H24N2O2. The monoisotopic (exact) mass is 276 g/mol. The smallest absolute Gasteiger partial charge is 0.225 e. The Hall–Kier alpha value is -1.39. The summed E-state index contributed by atoms with van der Waals surface area (Å²) in [5.74, 6) is 0.210. The van der Waals surface area contributed by atoms with Crippen molar-refractivity contribution in [3.05, 3.63) is 35.9 Å². The van der Waals surface area contributed by atoms with Gasteiger partial charge in [-0.3, -0.25) is 4.79 Å². The third-order valence-corrected chi connectivity index (χ3v) is 4.26. The standard InChI is InChI=1S/C16H24N2O2/c1-13(14-5-3-2-4-6-14)11-18-12-16(15(17)19)7-9-20-10-8-16/h2-6,13,18H,7-12H2,1H3,(H2,17,19)/t13-/m0/s1. The number of benzene rings is 1. The molecule has 0 bridgehead atoms. The van der Waals surface area contributed by atoms with Gasteiger partial charge in [-0.25, -0.2) is 0 Å². The predicted octanol–water partition coefficient (Wildman–Crippen LogP) is 1.66. The number of nitrogens with two attached hydrogens (primary N) is 1. The van der Waals surface area contributed by atoms with E-state index < -0.39 is 5.41 Å². The number of nitrogens with one attached hydrogen (secondary N) is 1. The van der Waals surface area contributed by atoms with Crippen molar-refractivity contribution in [2.24, 2.45) is 11.1 Å². The molecule has 0 aliphatic carbocycles. The van der Waals surface area contributed by atoms with Crippen LogP contribution in [0.15, 0.2) is 30.3 Å². The normalized spacial score (nSPS) is 19.4. The molecule has 0 saturated carbocycles. The number of rotatable bonds is 6. The van der Waals surface area contributed by atoms with E-state index in [2.05, 4.69) is 36.5 Å². The highest BCUT2D eigenvalue weighted by atomic mass is 16.5. The van der Waals surface area contributed by atoms with E-state index in [4.69, 9.17) is 10.5 Å². The Labute approximate surface area is 120 Å². The number of hydrogen-bond donors (Lipinski definition) is 2. The van der Waals surface area contributed by atoms with Gasteiger partial charge in [0.2, 0.25) is 5.91 Å². The maximum absolute atomic E-state index is 11.7. The van der Waals surface area contributed by atoms with Crippen molar-refractivity contribution in [2.75, 3.05) is 26.3 Å². The van der Waals surface area contributed by atoms with E-state index in [1.165, 1.54) is 5.56 Å². The fourth-order valence-corrected chi connectivity index (χ4v) is 2.70. The quantitative estimate of drug-likeness (QED) is 0.830. The molecule has 3 N–H and O–H groups in total. The maximum atomic E-state index is 11.7. The first-order chi connectivity index (χ1) is 9.64. The Morgan fingerprint density at radius 3 is 2.60 bits per heavy atom. The van der Waals surface area contributed by atoms with Crippen LogP contribution in [0.2, 0.25) is 0 Å². The summed E-state index contributed by atoms with van der Waals surface area (Å²) in [5, 5.41) is 3.42. The third-order valence-electron chi connectivity index (χ3n) is 4.26. The first-order valence-electron chi connectivity index (χ1n) is 7.27. The Morgan fingerprint density at radius 1 is 1.35 bits per heavy atom. The van der Waals surface area contributed by atoms with Gasteiger partial charge in [-0.15, -0.1) is 0 Å². The number of primary amides is 1. The van der Waals surface area contributed by atoms with Gasteiger partial charge in [-0.1, -0.05) is 37.3 Å². The molecule has 1 fully saturated rings. The molecule has 1 saturated heterocycles. The van der Waals surface area contributed by atoms with Gasteiger partial charge in [-0.2, -0.15) is 0 Å². The van der Waals surface area contributed by atoms with E-state index in [1.54, 1.807) is 0 Å². The van der Waals surface area contributed by atoms with E-state index in [-0.39, 0.29) is 5.91 Å². The third kappa shape index (κ3) is 3.58. The number of amides is 1. The lowest BCUT2D eigenvalue weighted by molar-refractivity contribution is -0.132. The van der Waals surface area contributed by atoms with E-state index in [0.717, 1.165) is 19.4 Å². The molecule has 1 aromatic rings. The zero-order valence-corrected chi connectivity index (χ0v) is 12.1. The lowest BCUT2D eigenvalue weighted by Gasteiger charge is -2.34. The number of carbonyl (C=O) groups excluding carboxylic acids is 1. The zero-order valence-electron chi connectivity index (χ0n) is 12.1. The topological polar surface area (TPSA) is 64.3 Å². The second-order valence-electron chi connectivity index (χ2n) is 5.70. The molecule has 0 spiro atoms. The summed E-state index contributed by atoms with van der Waals surface area (Å²) in [7, 11) is 0. The molecule has 0 unspecified atom stereocenters. The van der Waals surface area contributed by atoms with Crippen molar-refractivity contribution in [2.45, 2.75) is 25.7 Å². The summed E-state index contributed by atoms with van der Waals surface area (Å²) in [5.41, 5.74) is 6.47. The molecule has 1 aliphatic rings. The van der Waals surface area contributed by atoms with Crippen LogP contribution in [0.1, 0.15) is 31.2 Å². The van der Waals surface area contributed by atoms with E-state index in [9.17, 15) is 4.79 Å². The van der Waals surface area contributed by atoms with Crippen LogP contribution in [0.25, 0.3) is 0 Å². The summed E-state index contributed by atoms with van der Waals surface area (Å²) in [6.45, 7) is 4.92. The predicted molar refractivity (Wildman–Crippen MR) is 79.4 cm³/mol. The SMILES string of the molecule is C[C@@H](CNCC1(C(N)=O)CCOCC1)c1ccccc1. The Morgan fingerprint density at radius 2 is 2.00 bits per heavy atom. The zero-order chi connectivity index (χ0) is 14.4. The number of ether oxygens (including phenoxy) is 1. The van der Waals surface area contributed by atoms with Gasteiger partial charge < -0.3 is 15.8 Å². The van der Waals surface area contributed by atoms with Gasteiger partial charge in [0.15, 0.2) is 0 Å². The van der Waals surface area contributed by atoms with Crippen molar-refractivity contribution in [3.8, 4) is 0 Å². The average Bonchev–Trinajstić information content (AvgIpc) is 2.49. The van der Waals surface area contributed by atoms with Gasteiger partial charge in [0.1, 0.15) is 0 Å². The summed E-state index contributed by atoms with van der Waals surface area (Å²) < 4.78 is 5.34. The Balaban J connectivity index is 1.86. The van der Waals surface area contributed by atoms with Crippen LogP contribution < -0.4 is 11.1 Å². The second kappa shape index (κ2) is 6.86. The molecule has 0 aromatic heterocycles. The van der Waals surface area contributed by atoms with Crippen LogP contribution >= 0.6 is 0 Å². The van der Waals surface area contributed by atoms with Gasteiger partial charge in [0, 0.05) is 26.3 Å². The highest BCUT2D eigenvalue weighted by Gasteiger charge is 2.38. The van der Waals surface area contributed by atoms with Crippen LogP contribution in [-0.2, 0) is 9.53 Å². The molecule has 1 atom stereocenters. The van der Waals surface area contributed by atoms with Crippen LogP contribution in [-0.4, -0.2) is 32.2 Å². The number of carbonyl (C=O) groups is 1. The Kier molecular flexibility index (Phi) is 5.15. The average molecular weight is 276 g/mol. The first-order valence-corrected chi connectivity index (χ1v) is 7.27. The van der Waals surface area contributed by atoms with E-state index in [1.807, 2.05) is 6.07 Å². The van der Waals surface area contributed by atoms with Crippen LogP contribution in [0.5, 0.6) is 0 Å². The summed E-state index contributed by atoms with van der Waals surface area (Å²) >= 11 is 0. The van der Waals surface area contributed by atoms with Crippen LogP contribution in [0.4, 0.5) is 0 Å². The summed E-state index contributed by atoms with van der Waals surface area (Å²) in [4.78, 5) is 11.7. The molecule has 1 aromatic carbocycles. The minimum Gasteiger partial charge on any atom is -0.381 e. The molecule has 0 radical (unpaired) electrons. The molecular weight excluding hydrogens is 252 g/mol. The maximum Gasteiger partial charge on any atom is 0.225 e. The van der Waals surface area contributed by atoms with Crippen molar-refractivity contribution in [1.29, 1.82) is 0 Å². The molecule has 110 valence electrons. The van der Waals surface area contributed by atoms with Crippen LogP contribution in [0.3, 0.4) is 0 Å². The molecule has 1 amide bonds. The second-order valence-corrected chi connectivity index (χ2v) is 5.70. The first kappa shape index (κ1) is 15.0. The van der Waals surface area contributed by atoms with E-state index in [0.29, 0.717) is 25.7 Å². The van der Waals surface area contributed by atoms with Gasteiger partial charge >= 0.3 is 0 Å². The van der Waals surface area contributed by atoms with Crippen LogP contribution in [0, 0.1) is 5.41 Å². The molecule has 1 heterocycles. The lowest BCUT2D eigenvalue weighted by Crippen LogP contribution is -2.48. The highest BCUT2D eigenvalue weighted by molar-refractivity contribution is 5.81. The molecule has 20 heavy (non-hydrogen) atoms. The highest BCUT2D eigenvalue weighted by Crippen LogP contribution is 2.29. The summed E-state index contributed by atoms with van der Waals surface area (Å²) in [6, 6.07) is 10.4. The fraction of sp³-hybridized carbons (Fsp3) is 0.562. The van der Waals surface area contributed by atoms with Gasteiger partial charge in [0.05, 0.1) is 5.41 Å². The van der Waals surface area contributed by atoms with Crippen molar-refractivity contribution >= 4 is 5.91 Å². The van der Waals surface area contributed by atoms with Crippen molar-refractivity contribution in [1.82, 2.24) is 5.32 Å². The Bertz CT molecular complexity index is 427. The number of hydrogen-bond acceptors (Lipinski definition) is 3. The van der Waals surface area contributed by atoms with Crippen molar-refractivity contribution < 1.29 is 9.53 Å². The molecule has 1 aliphatic heterocycles. The van der Waals surface area contributed by atoms with Crippen molar-refractivity contribution in [3.63, 3.8) is 0 Å². The minimum absolute atomic E-state index is 0.208. The van der Waals surface area contributed by atoms with Gasteiger partial charge in [0.25, 0.3) is 0 Å². The molecule has 4 heteroatoms.